The predicted molar refractivity (Wildman–Crippen MR) is 65.5 cm³/mol. The molecule has 0 aliphatic heterocycles. The highest BCUT2D eigenvalue weighted by atomic mass is 19.4. The maximum Gasteiger partial charge on any atom is 0.435 e. The van der Waals surface area contributed by atoms with Crippen LogP contribution in [0.15, 0.2) is 36.7 Å². The molecular weight excluding hydrogens is 255 g/mol. The van der Waals surface area contributed by atoms with E-state index >= 15 is 0 Å². The predicted octanol–water partition coefficient (Wildman–Crippen LogP) is 3.59. The van der Waals surface area contributed by atoms with Crippen LogP contribution in [0.25, 0.3) is 22.0 Å². The van der Waals surface area contributed by atoms with E-state index in [2.05, 4.69) is 10.1 Å². The molecule has 0 fully saturated rings. The Balaban J connectivity index is 2.20. The first kappa shape index (κ1) is 11.8. The number of rotatable bonds is 1. The minimum absolute atomic E-state index is 0.0955. The lowest BCUT2D eigenvalue weighted by Crippen LogP contribution is -2.08. The van der Waals surface area contributed by atoms with E-state index in [-0.39, 0.29) is 5.56 Å². The average Bonchev–Trinajstić information content (AvgIpc) is 2.92. The van der Waals surface area contributed by atoms with Gasteiger partial charge in [0.15, 0.2) is 5.69 Å². The van der Waals surface area contributed by atoms with Gasteiger partial charge in [-0.15, -0.1) is 0 Å². The number of nitrogens with one attached hydrogen (secondary N) is 1. The van der Waals surface area contributed by atoms with Crippen LogP contribution in [0.5, 0.6) is 0 Å². The van der Waals surface area contributed by atoms with Crippen LogP contribution in [-0.4, -0.2) is 14.8 Å². The lowest BCUT2D eigenvalue weighted by Gasteiger charge is -2.06. The second kappa shape index (κ2) is 3.88. The molecule has 0 unspecified atom stereocenters. The molecule has 3 nitrogen and oxygen atoms in total. The fraction of sp³-hybridized carbons (Fsp3) is 0.154. The molecule has 6 heteroatoms. The van der Waals surface area contributed by atoms with Crippen LogP contribution in [-0.2, 0) is 13.2 Å². The van der Waals surface area contributed by atoms with Gasteiger partial charge in [-0.1, -0.05) is 6.07 Å². The quantitative estimate of drug-likeness (QED) is 0.716. The number of aromatic nitrogens is 3. The van der Waals surface area contributed by atoms with Crippen molar-refractivity contribution < 1.29 is 13.2 Å². The lowest BCUT2D eigenvalue weighted by molar-refractivity contribution is -0.140. The molecule has 98 valence electrons. The standard InChI is InChI=1S/C13H10F3N3/c1-19-7-10(12(18-19)13(14,15)16)8-2-3-11-9(6-8)4-5-17-11/h2-7,17H,1H3. The molecule has 0 saturated carbocycles. The summed E-state index contributed by atoms with van der Waals surface area (Å²) in [5.41, 5.74) is 0.636. The van der Waals surface area contributed by atoms with Gasteiger partial charge in [-0.3, -0.25) is 4.68 Å². The summed E-state index contributed by atoms with van der Waals surface area (Å²) in [6, 6.07) is 6.96. The number of benzene rings is 1. The van der Waals surface area contributed by atoms with Crippen molar-refractivity contribution in [2.24, 2.45) is 7.05 Å². The lowest BCUT2D eigenvalue weighted by atomic mass is 10.0. The Hall–Kier alpha value is -2.24. The summed E-state index contributed by atoms with van der Waals surface area (Å²) in [6.07, 6.45) is -1.32. The van der Waals surface area contributed by atoms with Gasteiger partial charge >= 0.3 is 6.18 Å². The number of hydrogen-bond acceptors (Lipinski definition) is 1. The molecule has 19 heavy (non-hydrogen) atoms. The second-order valence-corrected chi connectivity index (χ2v) is 4.34. The van der Waals surface area contributed by atoms with Gasteiger partial charge in [0.2, 0.25) is 0 Å². The van der Waals surface area contributed by atoms with E-state index in [1.807, 2.05) is 6.07 Å². The minimum atomic E-state index is -4.45. The van der Waals surface area contributed by atoms with Crippen molar-refractivity contribution in [1.29, 1.82) is 0 Å². The smallest absolute Gasteiger partial charge is 0.361 e. The van der Waals surface area contributed by atoms with Gasteiger partial charge in [-0.2, -0.15) is 18.3 Å². The molecule has 2 heterocycles. The zero-order valence-corrected chi connectivity index (χ0v) is 9.99. The van der Waals surface area contributed by atoms with Gasteiger partial charge in [-0.05, 0) is 29.1 Å². The molecule has 0 saturated heterocycles. The molecule has 0 bridgehead atoms. The fourth-order valence-electron chi connectivity index (χ4n) is 2.13. The van der Waals surface area contributed by atoms with Gasteiger partial charge in [-0.25, -0.2) is 0 Å². The summed E-state index contributed by atoms with van der Waals surface area (Å²) in [4.78, 5) is 3.01. The van der Waals surface area contributed by atoms with E-state index < -0.39 is 11.9 Å². The Morgan fingerprint density at radius 2 is 2.00 bits per heavy atom. The van der Waals surface area contributed by atoms with Crippen LogP contribution < -0.4 is 0 Å². The third kappa shape index (κ3) is 1.99. The average molecular weight is 265 g/mol. The Labute approximate surface area is 106 Å². The summed E-state index contributed by atoms with van der Waals surface area (Å²) in [5.74, 6) is 0. The molecule has 1 N–H and O–H groups in total. The third-order valence-electron chi connectivity index (χ3n) is 2.96. The molecule has 0 spiro atoms. The van der Waals surface area contributed by atoms with Crippen LogP contribution in [0.3, 0.4) is 0 Å². The Morgan fingerprint density at radius 3 is 2.74 bits per heavy atom. The third-order valence-corrected chi connectivity index (χ3v) is 2.96. The van der Waals surface area contributed by atoms with Crippen molar-refractivity contribution in [3.63, 3.8) is 0 Å². The number of aromatic amines is 1. The van der Waals surface area contributed by atoms with Crippen molar-refractivity contribution in [2.75, 3.05) is 0 Å². The molecular formula is C13H10F3N3. The Kier molecular flexibility index (Phi) is 2.41. The summed E-state index contributed by atoms with van der Waals surface area (Å²) in [5, 5.41) is 4.38. The topological polar surface area (TPSA) is 33.6 Å². The molecule has 2 aromatic heterocycles. The van der Waals surface area contributed by atoms with E-state index in [9.17, 15) is 13.2 Å². The Morgan fingerprint density at radius 1 is 1.21 bits per heavy atom. The minimum Gasteiger partial charge on any atom is -0.361 e. The van der Waals surface area contributed by atoms with Gasteiger partial charge in [0.1, 0.15) is 0 Å². The Bertz CT molecular complexity index is 737. The number of nitrogens with zero attached hydrogens (tertiary/aromatic N) is 2. The molecule has 0 aliphatic carbocycles. The fourth-order valence-corrected chi connectivity index (χ4v) is 2.13. The van der Waals surface area contributed by atoms with Crippen molar-refractivity contribution in [2.45, 2.75) is 6.18 Å². The van der Waals surface area contributed by atoms with Gasteiger partial charge in [0.25, 0.3) is 0 Å². The SMILES string of the molecule is Cn1cc(-c2ccc3[nH]ccc3c2)c(C(F)(F)F)n1. The van der Waals surface area contributed by atoms with Gasteiger partial charge < -0.3 is 4.98 Å². The number of halogens is 3. The maximum atomic E-state index is 12.9. The summed E-state index contributed by atoms with van der Waals surface area (Å²) in [7, 11) is 1.48. The summed E-state index contributed by atoms with van der Waals surface area (Å²) < 4.78 is 39.9. The first-order valence-corrected chi connectivity index (χ1v) is 5.63. The molecule has 3 aromatic rings. The molecule has 3 rings (SSSR count). The number of hydrogen-bond donors (Lipinski definition) is 1. The van der Waals surface area contributed by atoms with Crippen LogP contribution in [0, 0.1) is 0 Å². The molecule has 0 atom stereocenters. The number of aryl methyl sites for hydroxylation is 1. The second-order valence-electron chi connectivity index (χ2n) is 4.34. The van der Waals surface area contributed by atoms with Crippen LogP contribution in [0.4, 0.5) is 13.2 Å². The van der Waals surface area contributed by atoms with Gasteiger partial charge in [0.05, 0.1) is 0 Å². The molecule has 0 amide bonds. The van der Waals surface area contributed by atoms with Crippen molar-refractivity contribution in [3.8, 4) is 11.1 Å². The normalized spacial score (nSPS) is 12.2. The van der Waals surface area contributed by atoms with E-state index in [0.29, 0.717) is 5.56 Å². The van der Waals surface area contributed by atoms with Gasteiger partial charge in [0, 0.05) is 30.5 Å². The molecule has 0 radical (unpaired) electrons. The van der Waals surface area contributed by atoms with Crippen LogP contribution >= 0.6 is 0 Å². The molecule has 0 aliphatic rings. The van der Waals surface area contributed by atoms with Crippen molar-refractivity contribution in [1.82, 2.24) is 14.8 Å². The van der Waals surface area contributed by atoms with Crippen molar-refractivity contribution >= 4 is 10.9 Å². The molecule has 1 aromatic carbocycles. The van der Waals surface area contributed by atoms with Crippen LogP contribution in [0.2, 0.25) is 0 Å². The highest BCUT2D eigenvalue weighted by Gasteiger charge is 2.37. The van der Waals surface area contributed by atoms with Crippen molar-refractivity contribution in [3.05, 3.63) is 42.4 Å². The highest BCUT2D eigenvalue weighted by Crippen LogP contribution is 2.36. The van der Waals surface area contributed by atoms with E-state index in [1.54, 1.807) is 24.4 Å². The van der Waals surface area contributed by atoms with Crippen LogP contribution in [0.1, 0.15) is 5.69 Å². The van der Waals surface area contributed by atoms with E-state index in [0.717, 1.165) is 10.9 Å². The summed E-state index contributed by atoms with van der Waals surface area (Å²) >= 11 is 0. The largest absolute Gasteiger partial charge is 0.435 e. The number of alkyl halides is 3. The number of H-pyrrole nitrogens is 1. The first-order chi connectivity index (χ1) is 8.95. The first-order valence-electron chi connectivity index (χ1n) is 5.63. The highest BCUT2D eigenvalue weighted by molar-refractivity contribution is 5.85. The van der Waals surface area contributed by atoms with E-state index in [4.69, 9.17) is 0 Å². The maximum absolute atomic E-state index is 12.9. The zero-order valence-electron chi connectivity index (χ0n) is 9.99. The summed E-state index contributed by atoms with van der Waals surface area (Å²) in [6.45, 7) is 0. The van der Waals surface area contributed by atoms with E-state index in [1.165, 1.54) is 17.9 Å². The monoisotopic (exact) mass is 265 g/mol. The zero-order chi connectivity index (χ0) is 13.6. The number of fused-ring (bicyclic) bond motifs is 1.